The summed E-state index contributed by atoms with van der Waals surface area (Å²) in [7, 11) is 0. The number of hydrogen-bond donors (Lipinski definition) is 0. The Morgan fingerprint density at radius 2 is 0.735 bits per heavy atom. The summed E-state index contributed by atoms with van der Waals surface area (Å²) in [5, 5.41) is 4.45. The molecule has 5 nitrogen and oxygen atoms in total. The molecule has 7 rings (SSSR count). The van der Waals surface area contributed by atoms with Crippen LogP contribution in [0.1, 0.15) is 16.1 Å². The maximum atomic E-state index is 15.4. The number of Topliss-reactive ketones (excluding diaryl/α,β-unsaturated/α-hetero) is 1. The summed E-state index contributed by atoms with van der Waals surface area (Å²) in [6.07, 6.45) is -7.22. The number of carbonyl (C=O) groups is 1. The SMILES string of the molecule is Fc1c(F)c(F)c([B-](c2c(F)c(F)c(F)c(F)c2F)(c2c(F)c(F)c(F)c(F)c2F)c2c(F)c(F)c(F)c(F)c2F)c(F)c1F.[N-]=[N+]=NCC(=O)c1ccc2ccccc2[n+]1Cc1ccccc1. The fourth-order valence-corrected chi connectivity index (χ4v) is 7.49. The van der Waals surface area contributed by atoms with E-state index in [1.165, 1.54) is 0 Å². The fourth-order valence-electron chi connectivity index (χ4n) is 7.49. The van der Waals surface area contributed by atoms with Gasteiger partial charge in [0.05, 0.1) is 6.54 Å². The lowest BCUT2D eigenvalue weighted by molar-refractivity contribution is -0.664. The number of para-hydroxylation sites is 1. The zero-order valence-electron chi connectivity index (χ0n) is 32.6. The molecule has 26 heteroatoms. The van der Waals surface area contributed by atoms with Crippen LogP contribution in [-0.4, -0.2) is 18.5 Å². The summed E-state index contributed by atoms with van der Waals surface area (Å²) in [5.41, 5.74) is -3.27. The van der Waals surface area contributed by atoms with Crippen molar-refractivity contribution in [3.05, 3.63) is 205 Å². The molecule has 6 aromatic carbocycles. The zero-order chi connectivity index (χ0) is 50.4. The molecule has 7 aromatic rings. The van der Waals surface area contributed by atoms with Gasteiger partial charge >= 0.3 is 0 Å². The molecule has 0 N–H and O–H groups in total. The van der Waals surface area contributed by atoms with Crippen molar-refractivity contribution in [3.63, 3.8) is 0 Å². The maximum Gasteiger partial charge on any atom is 0.249 e. The van der Waals surface area contributed by atoms with Gasteiger partial charge < -0.3 is 0 Å². The summed E-state index contributed by atoms with van der Waals surface area (Å²) in [5.74, 6) is -71.6. The third-order valence-electron chi connectivity index (χ3n) is 10.4. The molecule has 1 aromatic heterocycles. The van der Waals surface area contributed by atoms with E-state index in [-0.39, 0.29) is 12.3 Å². The monoisotopic (exact) mass is 982 g/mol. The van der Waals surface area contributed by atoms with Gasteiger partial charge in [0, 0.05) is 28.0 Å². The Hall–Kier alpha value is -7.63. The predicted molar refractivity (Wildman–Crippen MR) is 197 cm³/mol. The van der Waals surface area contributed by atoms with Crippen molar-refractivity contribution in [1.82, 2.24) is 0 Å². The fraction of sp³-hybridized carbons (Fsp3) is 0.0476. The van der Waals surface area contributed by atoms with E-state index < -0.39 is 144 Å². The third kappa shape index (κ3) is 7.86. The van der Waals surface area contributed by atoms with Crippen molar-refractivity contribution >= 4 is 44.7 Å². The second-order valence-electron chi connectivity index (χ2n) is 14.0. The van der Waals surface area contributed by atoms with E-state index >= 15 is 35.1 Å². The third-order valence-corrected chi connectivity index (χ3v) is 10.4. The number of carbonyl (C=O) groups excluding carboxylic acids is 1. The number of fused-ring (bicyclic) bond motifs is 1. The van der Waals surface area contributed by atoms with Crippen LogP contribution in [0.25, 0.3) is 21.3 Å². The molecule has 0 saturated carbocycles. The molecular formula is C42H15BF20N4O. The molecule has 0 saturated heterocycles. The average molecular weight is 982 g/mol. The summed E-state index contributed by atoms with van der Waals surface area (Å²) in [4.78, 5) is 15.0. The Morgan fingerprint density at radius 1 is 0.426 bits per heavy atom. The van der Waals surface area contributed by atoms with Gasteiger partial charge in [-0.05, 0) is 17.7 Å². The van der Waals surface area contributed by atoms with E-state index in [1.807, 2.05) is 65.2 Å². The van der Waals surface area contributed by atoms with Crippen LogP contribution in [0.2, 0.25) is 0 Å². The summed E-state index contributed by atoms with van der Waals surface area (Å²) in [6.45, 7) is 0.406. The van der Waals surface area contributed by atoms with E-state index in [9.17, 15) is 57.5 Å². The van der Waals surface area contributed by atoms with Crippen molar-refractivity contribution < 1.29 is 97.2 Å². The van der Waals surface area contributed by atoms with Crippen LogP contribution in [-0.2, 0) is 6.54 Å². The maximum absolute atomic E-state index is 15.4. The lowest BCUT2D eigenvalue weighted by Gasteiger charge is -2.44. The van der Waals surface area contributed by atoms with Crippen LogP contribution < -0.4 is 26.4 Å². The molecule has 0 fully saturated rings. The Labute approximate surface area is 364 Å². The smallest absolute Gasteiger partial charge is 0.249 e. The lowest BCUT2D eigenvalue weighted by atomic mass is 9.12. The van der Waals surface area contributed by atoms with Crippen LogP contribution in [0.4, 0.5) is 87.8 Å². The number of nitrogens with zero attached hydrogens (tertiary/aromatic N) is 4. The highest BCUT2D eigenvalue weighted by atomic mass is 19.2. The minimum atomic E-state index is -7.22. The molecule has 0 aliphatic rings. The quantitative estimate of drug-likeness (QED) is 0.0164. The highest BCUT2D eigenvalue weighted by Crippen LogP contribution is 2.31. The van der Waals surface area contributed by atoms with Crippen molar-refractivity contribution in [2.45, 2.75) is 6.54 Å². The molecule has 0 amide bonds. The molecular weight excluding hydrogens is 967 g/mol. The van der Waals surface area contributed by atoms with Gasteiger partial charge in [0.2, 0.25) is 17.0 Å². The molecule has 0 aliphatic carbocycles. The summed E-state index contributed by atoms with van der Waals surface area (Å²) < 4.78 is 296. The Kier molecular flexibility index (Phi) is 13.9. The molecule has 0 atom stereocenters. The van der Waals surface area contributed by atoms with E-state index in [2.05, 4.69) is 10.0 Å². The molecule has 68 heavy (non-hydrogen) atoms. The highest BCUT2D eigenvalue weighted by Gasteiger charge is 2.52. The Bertz CT molecular complexity index is 2900. The van der Waals surface area contributed by atoms with Gasteiger partial charge in [-0.3, -0.25) is 4.79 Å². The van der Waals surface area contributed by atoms with Crippen LogP contribution in [0, 0.1) is 116 Å². The molecule has 0 aliphatic heterocycles. The van der Waals surface area contributed by atoms with Crippen LogP contribution >= 0.6 is 0 Å². The first-order valence-corrected chi connectivity index (χ1v) is 18.2. The van der Waals surface area contributed by atoms with Gasteiger partial charge in [0.15, 0.2) is 76.4 Å². The van der Waals surface area contributed by atoms with E-state index in [1.54, 1.807) is 6.07 Å². The number of aromatic nitrogens is 1. The van der Waals surface area contributed by atoms with Crippen molar-refractivity contribution in [3.8, 4) is 0 Å². The molecule has 0 unspecified atom stereocenters. The van der Waals surface area contributed by atoms with Gasteiger partial charge in [-0.1, -0.05) is 47.6 Å². The number of azide groups is 1. The first kappa shape index (κ1) is 49.8. The Balaban J connectivity index is 0.000000276. The molecule has 352 valence electrons. The van der Waals surface area contributed by atoms with Gasteiger partial charge in [0.1, 0.15) is 52.7 Å². The minimum Gasteiger partial charge on any atom is -0.287 e. The number of rotatable bonds is 9. The van der Waals surface area contributed by atoms with Crippen LogP contribution in [0.5, 0.6) is 0 Å². The van der Waals surface area contributed by atoms with Crippen molar-refractivity contribution in [1.29, 1.82) is 0 Å². The van der Waals surface area contributed by atoms with Gasteiger partial charge in [0.25, 0.3) is 0 Å². The highest BCUT2D eigenvalue weighted by molar-refractivity contribution is 7.20. The zero-order valence-corrected chi connectivity index (χ0v) is 32.6. The second kappa shape index (κ2) is 18.9. The number of pyridine rings is 1. The van der Waals surface area contributed by atoms with Crippen LogP contribution in [0.15, 0.2) is 71.8 Å². The van der Waals surface area contributed by atoms with E-state index in [0.717, 1.165) is 16.5 Å². The summed E-state index contributed by atoms with van der Waals surface area (Å²) in [6, 6.07) is 21.6. The number of benzene rings is 6. The number of hydrogen-bond acceptors (Lipinski definition) is 2. The molecule has 0 spiro atoms. The van der Waals surface area contributed by atoms with Crippen molar-refractivity contribution in [2.75, 3.05) is 6.54 Å². The van der Waals surface area contributed by atoms with E-state index in [4.69, 9.17) is 5.53 Å². The first-order valence-electron chi connectivity index (χ1n) is 18.2. The molecule has 0 bridgehead atoms. The number of halogens is 20. The predicted octanol–water partition coefficient (Wildman–Crippen LogP) is 9.51. The molecule has 0 radical (unpaired) electrons. The second-order valence-corrected chi connectivity index (χ2v) is 14.0. The largest absolute Gasteiger partial charge is 0.287 e. The van der Waals surface area contributed by atoms with Crippen molar-refractivity contribution in [2.24, 2.45) is 5.11 Å². The van der Waals surface area contributed by atoms with E-state index in [0.29, 0.717) is 12.2 Å². The minimum absolute atomic E-state index is 0.177. The standard InChI is InChI=1S/C24BF20.C18H15N4O/c26-5-1(6(27)14(35)21(42)13(5)34)25(2-7(28)15(36)22(43)16(37)8(2)29,3-9(30)17(38)23(44)18(39)10(3)31)4-11(32)19(40)24(45)20(41)12(4)33;19-21-20-12-18(23)17-11-10-15-8-4-5-9-16(15)22(17)13-14-6-2-1-3-7-14/h;1-11H,12-13H2/q-1;+1. The summed E-state index contributed by atoms with van der Waals surface area (Å²) >= 11 is 0. The van der Waals surface area contributed by atoms with Crippen LogP contribution in [0.3, 0.4) is 0 Å². The van der Waals surface area contributed by atoms with Gasteiger partial charge in [-0.15, -0.1) is 21.9 Å². The molecule has 1 heterocycles. The lowest BCUT2D eigenvalue weighted by Crippen LogP contribution is -2.81. The topological polar surface area (TPSA) is 69.7 Å². The Morgan fingerprint density at radius 3 is 1.07 bits per heavy atom. The number of ketones is 1. The average Bonchev–Trinajstić information content (AvgIpc) is 3.33. The normalized spacial score (nSPS) is 11.4. The van der Waals surface area contributed by atoms with Gasteiger partial charge in [-0.2, -0.15) is 4.57 Å². The van der Waals surface area contributed by atoms with Gasteiger partial charge in [-0.25, -0.2) is 87.8 Å². The first-order chi connectivity index (χ1) is 32.0.